The Hall–Kier alpha value is -0.770. The fourth-order valence-electron chi connectivity index (χ4n) is 0.777. The van der Waals surface area contributed by atoms with Crippen LogP contribution in [0.5, 0.6) is 0 Å². The minimum absolute atomic E-state index is 0.0265. The van der Waals surface area contributed by atoms with Crippen molar-refractivity contribution in [3.05, 3.63) is 0 Å². The average molecular weight is 208 g/mol. The van der Waals surface area contributed by atoms with Gasteiger partial charge in [0.15, 0.2) is 0 Å². The lowest BCUT2D eigenvalue weighted by atomic mass is 10.2. The van der Waals surface area contributed by atoms with Crippen LogP contribution in [0.15, 0.2) is 0 Å². The van der Waals surface area contributed by atoms with Gasteiger partial charge in [-0.15, -0.1) is 11.6 Å². The molecule has 0 aliphatic rings. The number of rotatable bonds is 7. The highest BCUT2D eigenvalue weighted by molar-refractivity contribution is 6.17. The molecule has 0 atom stereocenters. The van der Waals surface area contributed by atoms with Crippen LogP contribution < -0.4 is 5.32 Å². The fraction of sp³-hybridized carbons (Fsp3) is 0.750. The van der Waals surface area contributed by atoms with Crippen molar-refractivity contribution in [2.24, 2.45) is 0 Å². The minimum Gasteiger partial charge on any atom is -0.481 e. The zero-order valence-electron chi connectivity index (χ0n) is 7.38. The van der Waals surface area contributed by atoms with Gasteiger partial charge in [-0.25, -0.2) is 0 Å². The Morgan fingerprint density at radius 3 is 2.46 bits per heavy atom. The molecule has 0 fully saturated rings. The van der Waals surface area contributed by atoms with Gasteiger partial charge in [-0.3, -0.25) is 9.59 Å². The standard InChI is InChI=1S/C8H14ClNO3/c9-5-2-1-3-7(11)10-6-4-8(12)13/h1-6H2,(H,10,11)(H,12,13). The number of alkyl halides is 1. The van der Waals surface area contributed by atoms with Gasteiger partial charge in [0.25, 0.3) is 0 Å². The van der Waals surface area contributed by atoms with Gasteiger partial charge in [0.2, 0.25) is 5.91 Å². The van der Waals surface area contributed by atoms with E-state index in [1.165, 1.54) is 0 Å². The van der Waals surface area contributed by atoms with Crippen LogP contribution in [0.2, 0.25) is 0 Å². The maximum atomic E-state index is 11.0. The summed E-state index contributed by atoms with van der Waals surface area (Å²) in [4.78, 5) is 21.0. The molecule has 2 N–H and O–H groups in total. The van der Waals surface area contributed by atoms with Crippen molar-refractivity contribution < 1.29 is 14.7 Å². The summed E-state index contributed by atoms with van der Waals surface area (Å²) in [5.41, 5.74) is 0. The van der Waals surface area contributed by atoms with Gasteiger partial charge in [0, 0.05) is 18.8 Å². The smallest absolute Gasteiger partial charge is 0.305 e. The lowest BCUT2D eigenvalue weighted by molar-refractivity contribution is -0.136. The van der Waals surface area contributed by atoms with Crippen LogP contribution in [-0.4, -0.2) is 29.4 Å². The Kier molecular flexibility index (Phi) is 7.39. The first-order chi connectivity index (χ1) is 6.16. The summed E-state index contributed by atoms with van der Waals surface area (Å²) in [7, 11) is 0. The Bertz CT molecular complexity index is 173. The second kappa shape index (κ2) is 7.86. The van der Waals surface area contributed by atoms with Gasteiger partial charge < -0.3 is 10.4 Å². The predicted octanol–water partition coefficient (Wildman–Crippen LogP) is 0.986. The molecule has 0 radical (unpaired) electrons. The molecular weight excluding hydrogens is 194 g/mol. The van der Waals surface area contributed by atoms with Crippen LogP contribution >= 0.6 is 11.6 Å². The van der Waals surface area contributed by atoms with Crippen LogP contribution in [0.25, 0.3) is 0 Å². The number of carboxylic acid groups (broad SMARTS) is 1. The van der Waals surface area contributed by atoms with Crippen molar-refractivity contribution in [2.75, 3.05) is 12.4 Å². The number of carboxylic acids is 1. The van der Waals surface area contributed by atoms with Crippen molar-refractivity contribution in [1.82, 2.24) is 5.32 Å². The summed E-state index contributed by atoms with van der Waals surface area (Å²) in [6.45, 7) is 0.203. The largest absolute Gasteiger partial charge is 0.481 e. The van der Waals surface area contributed by atoms with Crippen LogP contribution in [-0.2, 0) is 9.59 Å². The first-order valence-corrected chi connectivity index (χ1v) is 4.74. The highest BCUT2D eigenvalue weighted by Gasteiger charge is 2.01. The SMILES string of the molecule is O=C(O)CCNC(=O)CCCCCl. The van der Waals surface area contributed by atoms with Crippen LogP contribution in [0.1, 0.15) is 25.7 Å². The predicted molar refractivity (Wildman–Crippen MR) is 49.8 cm³/mol. The molecule has 0 aromatic rings. The molecule has 13 heavy (non-hydrogen) atoms. The Morgan fingerprint density at radius 2 is 1.92 bits per heavy atom. The molecule has 0 bridgehead atoms. The molecule has 0 aromatic heterocycles. The maximum Gasteiger partial charge on any atom is 0.305 e. The number of carbonyl (C=O) groups is 2. The molecule has 0 spiro atoms. The average Bonchev–Trinajstić information content (AvgIpc) is 2.04. The zero-order chi connectivity index (χ0) is 10.1. The normalized spacial score (nSPS) is 9.62. The molecule has 1 amide bonds. The van der Waals surface area contributed by atoms with Gasteiger partial charge in [-0.1, -0.05) is 0 Å². The summed E-state index contributed by atoms with van der Waals surface area (Å²) in [5.74, 6) is -0.449. The molecule has 0 aliphatic carbocycles. The van der Waals surface area contributed by atoms with Crippen LogP contribution in [0.4, 0.5) is 0 Å². The summed E-state index contributed by atoms with van der Waals surface area (Å²) in [6, 6.07) is 0. The van der Waals surface area contributed by atoms with E-state index < -0.39 is 5.97 Å². The third kappa shape index (κ3) is 9.14. The van der Waals surface area contributed by atoms with E-state index in [2.05, 4.69) is 5.32 Å². The highest BCUT2D eigenvalue weighted by atomic mass is 35.5. The summed E-state index contributed by atoms with van der Waals surface area (Å²) < 4.78 is 0. The molecular formula is C8H14ClNO3. The molecule has 5 heteroatoms. The van der Waals surface area contributed by atoms with E-state index in [0.717, 1.165) is 12.8 Å². The van der Waals surface area contributed by atoms with Gasteiger partial charge in [-0.2, -0.15) is 0 Å². The number of carbonyl (C=O) groups excluding carboxylic acids is 1. The maximum absolute atomic E-state index is 11.0. The first kappa shape index (κ1) is 12.2. The van der Waals surface area contributed by atoms with Gasteiger partial charge in [-0.05, 0) is 12.8 Å². The second-order valence-electron chi connectivity index (χ2n) is 2.64. The van der Waals surface area contributed by atoms with E-state index >= 15 is 0 Å². The van der Waals surface area contributed by atoms with Crippen molar-refractivity contribution in [1.29, 1.82) is 0 Å². The van der Waals surface area contributed by atoms with E-state index in [1.807, 2.05) is 0 Å². The molecule has 4 nitrogen and oxygen atoms in total. The Morgan fingerprint density at radius 1 is 1.23 bits per heavy atom. The van der Waals surface area contributed by atoms with Crippen molar-refractivity contribution in [3.8, 4) is 0 Å². The summed E-state index contributed by atoms with van der Waals surface area (Å²) in [6.07, 6.45) is 1.96. The molecule has 0 unspecified atom stereocenters. The van der Waals surface area contributed by atoms with Crippen LogP contribution in [0, 0.1) is 0 Å². The number of unbranched alkanes of at least 4 members (excludes halogenated alkanes) is 1. The molecule has 0 saturated heterocycles. The monoisotopic (exact) mass is 207 g/mol. The Balaban J connectivity index is 3.25. The lowest BCUT2D eigenvalue weighted by Gasteiger charge is -2.01. The zero-order valence-corrected chi connectivity index (χ0v) is 8.14. The number of nitrogens with one attached hydrogen (secondary N) is 1. The number of halogens is 1. The number of amides is 1. The van der Waals surface area contributed by atoms with E-state index in [0.29, 0.717) is 12.3 Å². The number of aliphatic carboxylic acids is 1. The number of hydrogen-bond acceptors (Lipinski definition) is 2. The fourth-order valence-corrected chi connectivity index (χ4v) is 0.966. The minimum atomic E-state index is -0.902. The van der Waals surface area contributed by atoms with E-state index in [9.17, 15) is 9.59 Å². The number of hydrogen-bond donors (Lipinski definition) is 2. The van der Waals surface area contributed by atoms with Gasteiger partial charge >= 0.3 is 5.97 Å². The first-order valence-electron chi connectivity index (χ1n) is 4.21. The third-order valence-electron chi connectivity index (χ3n) is 1.45. The molecule has 0 rings (SSSR count). The summed E-state index contributed by atoms with van der Waals surface area (Å²) >= 11 is 5.42. The van der Waals surface area contributed by atoms with E-state index in [4.69, 9.17) is 16.7 Å². The lowest BCUT2D eigenvalue weighted by Crippen LogP contribution is -2.25. The van der Waals surface area contributed by atoms with Crippen molar-refractivity contribution in [2.45, 2.75) is 25.7 Å². The molecule has 0 saturated carbocycles. The third-order valence-corrected chi connectivity index (χ3v) is 1.72. The Labute approximate surface area is 82.3 Å². The summed E-state index contributed by atoms with van der Waals surface area (Å²) in [5, 5.41) is 10.8. The van der Waals surface area contributed by atoms with Gasteiger partial charge in [0.1, 0.15) is 0 Å². The molecule has 0 aromatic carbocycles. The molecule has 0 aliphatic heterocycles. The van der Waals surface area contributed by atoms with E-state index in [-0.39, 0.29) is 18.9 Å². The highest BCUT2D eigenvalue weighted by Crippen LogP contribution is 1.96. The van der Waals surface area contributed by atoms with Crippen molar-refractivity contribution >= 4 is 23.5 Å². The van der Waals surface area contributed by atoms with Crippen LogP contribution in [0.3, 0.4) is 0 Å². The van der Waals surface area contributed by atoms with E-state index in [1.54, 1.807) is 0 Å². The molecule has 76 valence electrons. The topological polar surface area (TPSA) is 66.4 Å². The van der Waals surface area contributed by atoms with Crippen molar-refractivity contribution in [3.63, 3.8) is 0 Å². The quantitative estimate of drug-likeness (QED) is 0.483. The second-order valence-corrected chi connectivity index (χ2v) is 3.02. The molecule has 0 heterocycles. The van der Waals surface area contributed by atoms with Gasteiger partial charge in [0.05, 0.1) is 6.42 Å².